The van der Waals surface area contributed by atoms with Gasteiger partial charge in [-0.3, -0.25) is 9.78 Å². The van der Waals surface area contributed by atoms with Gasteiger partial charge in [-0.1, -0.05) is 13.0 Å². The van der Waals surface area contributed by atoms with Gasteiger partial charge in [0.15, 0.2) is 5.65 Å². The Hall–Kier alpha value is -3.52. The molecule has 0 radical (unpaired) electrons. The van der Waals surface area contributed by atoms with Crippen molar-refractivity contribution >= 4 is 22.7 Å². The van der Waals surface area contributed by atoms with Gasteiger partial charge in [0, 0.05) is 42.3 Å². The average molecular weight is 442 g/mol. The van der Waals surface area contributed by atoms with Gasteiger partial charge in [-0.05, 0) is 68.1 Å². The lowest BCUT2D eigenvalue weighted by atomic mass is 10.0. The highest BCUT2D eigenvalue weighted by molar-refractivity contribution is 5.77. The lowest BCUT2D eigenvalue weighted by molar-refractivity contribution is 0.573. The van der Waals surface area contributed by atoms with E-state index in [1.165, 1.54) is 11.1 Å². The standard InChI is InChI=1S/C25H27N7O/c1-3-31-23(33)20-15-28-24(29-18-5-4-16-6-10-26-14-17(16)12-18)30-22(20)32(31)19-7-11-27-21(13-19)25(2)8-9-25/h4-5,7,11-13,15,26H,3,6,8-10,14H2,1-2H3,(H,28,29,30). The Bertz CT molecular complexity index is 1430. The second-order valence-electron chi connectivity index (χ2n) is 9.26. The first kappa shape index (κ1) is 20.1. The summed E-state index contributed by atoms with van der Waals surface area (Å²) in [7, 11) is 0. The van der Waals surface area contributed by atoms with Crippen molar-refractivity contribution in [3.8, 4) is 5.69 Å². The van der Waals surface area contributed by atoms with Gasteiger partial charge in [-0.15, -0.1) is 0 Å². The summed E-state index contributed by atoms with van der Waals surface area (Å²) in [6, 6.07) is 10.4. The highest BCUT2D eigenvalue weighted by Crippen LogP contribution is 2.46. The summed E-state index contributed by atoms with van der Waals surface area (Å²) < 4.78 is 3.61. The quantitative estimate of drug-likeness (QED) is 0.493. The monoisotopic (exact) mass is 441 g/mol. The molecule has 2 aliphatic rings. The lowest BCUT2D eigenvalue weighted by Gasteiger charge is -2.18. The number of aromatic nitrogens is 5. The Morgan fingerprint density at radius 2 is 2.03 bits per heavy atom. The fourth-order valence-corrected chi connectivity index (χ4v) is 4.65. The zero-order valence-electron chi connectivity index (χ0n) is 18.9. The van der Waals surface area contributed by atoms with Gasteiger partial charge >= 0.3 is 0 Å². The zero-order chi connectivity index (χ0) is 22.6. The summed E-state index contributed by atoms with van der Waals surface area (Å²) in [5, 5.41) is 7.25. The van der Waals surface area contributed by atoms with Crippen LogP contribution in [0.3, 0.4) is 0 Å². The molecule has 1 aliphatic carbocycles. The van der Waals surface area contributed by atoms with E-state index in [0.29, 0.717) is 23.5 Å². The summed E-state index contributed by atoms with van der Waals surface area (Å²) in [4.78, 5) is 26.9. The Labute approximate surface area is 191 Å². The molecule has 1 aromatic carbocycles. The maximum absolute atomic E-state index is 13.1. The highest BCUT2D eigenvalue weighted by Gasteiger charge is 2.40. The minimum atomic E-state index is -0.0881. The second kappa shape index (κ2) is 7.52. The number of benzene rings is 1. The Balaban J connectivity index is 1.44. The number of anilines is 2. The van der Waals surface area contributed by atoms with Gasteiger partial charge in [0.1, 0.15) is 5.39 Å². The van der Waals surface area contributed by atoms with E-state index in [-0.39, 0.29) is 11.0 Å². The average Bonchev–Trinajstić information content (AvgIpc) is 3.54. The number of hydrogen-bond acceptors (Lipinski definition) is 6. The van der Waals surface area contributed by atoms with E-state index in [1.807, 2.05) is 23.9 Å². The van der Waals surface area contributed by atoms with E-state index in [2.05, 4.69) is 51.8 Å². The third-order valence-corrected chi connectivity index (χ3v) is 6.93. The minimum absolute atomic E-state index is 0.0881. The summed E-state index contributed by atoms with van der Waals surface area (Å²) in [6.45, 7) is 6.62. The van der Waals surface area contributed by atoms with Crippen LogP contribution >= 0.6 is 0 Å². The van der Waals surface area contributed by atoms with Crippen LogP contribution in [0.5, 0.6) is 0 Å². The maximum atomic E-state index is 13.1. The van der Waals surface area contributed by atoms with Gasteiger partial charge in [0.05, 0.1) is 5.69 Å². The lowest BCUT2D eigenvalue weighted by Crippen LogP contribution is -2.23. The van der Waals surface area contributed by atoms with Crippen LogP contribution in [0.4, 0.5) is 11.6 Å². The van der Waals surface area contributed by atoms with Crippen LogP contribution in [-0.2, 0) is 24.9 Å². The summed E-state index contributed by atoms with van der Waals surface area (Å²) in [5.74, 6) is 0.469. The Morgan fingerprint density at radius 3 is 2.85 bits per heavy atom. The molecule has 0 unspecified atom stereocenters. The van der Waals surface area contributed by atoms with Crippen molar-refractivity contribution in [3.05, 3.63) is 69.9 Å². The van der Waals surface area contributed by atoms with Crippen molar-refractivity contribution in [2.75, 3.05) is 11.9 Å². The van der Waals surface area contributed by atoms with E-state index >= 15 is 0 Å². The molecule has 6 rings (SSSR count). The topological polar surface area (TPSA) is 89.7 Å². The van der Waals surface area contributed by atoms with Crippen LogP contribution in [0.15, 0.2) is 47.5 Å². The largest absolute Gasteiger partial charge is 0.324 e. The molecule has 4 aromatic rings. The predicted molar refractivity (Wildman–Crippen MR) is 128 cm³/mol. The summed E-state index contributed by atoms with van der Waals surface area (Å²) in [5.41, 5.74) is 6.21. The zero-order valence-corrected chi connectivity index (χ0v) is 18.9. The van der Waals surface area contributed by atoms with Gasteiger partial charge in [-0.2, -0.15) is 4.98 Å². The highest BCUT2D eigenvalue weighted by atomic mass is 16.1. The summed E-state index contributed by atoms with van der Waals surface area (Å²) in [6.07, 6.45) is 6.78. The predicted octanol–water partition coefficient (Wildman–Crippen LogP) is 3.44. The third-order valence-electron chi connectivity index (χ3n) is 6.93. The molecule has 1 fully saturated rings. The molecule has 1 aliphatic heterocycles. The molecule has 168 valence electrons. The van der Waals surface area contributed by atoms with E-state index in [9.17, 15) is 4.79 Å². The molecule has 0 spiro atoms. The fraction of sp³-hybridized carbons (Fsp3) is 0.360. The van der Waals surface area contributed by atoms with E-state index in [1.54, 1.807) is 10.9 Å². The van der Waals surface area contributed by atoms with Crippen LogP contribution < -0.4 is 16.2 Å². The normalized spacial score (nSPS) is 16.5. The number of rotatable bonds is 5. The molecule has 4 heterocycles. The van der Waals surface area contributed by atoms with Gasteiger partial charge in [0.2, 0.25) is 5.95 Å². The molecule has 8 heteroatoms. The second-order valence-corrected chi connectivity index (χ2v) is 9.26. The van der Waals surface area contributed by atoms with Crippen molar-refractivity contribution in [1.82, 2.24) is 29.6 Å². The number of hydrogen-bond donors (Lipinski definition) is 2. The maximum Gasteiger partial charge on any atom is 0.278 e. The molecular weight excluding hydrogens is 414 g/mol. The number of pyridine rings is 1. The van der Waals surface area contributed by atoms with Gasteiger partial charge < -0.3 is 10.6 Å². The molecule has 3 aromatic heterocycles. The first-order valence-electron chi connectivity index (χ1n) is 11.6. The van der Waals surface area contributed by atoms with Gasteiger partial charge in [-0.25, -0.2) is 14.3 Å². The van der Waals surface area contributed by atoms with Crippen molar-refractivity contribution in [3.63, 3.8) is 0 Å². The van der Waals surface area contributed by atoms with Crippen LogP contribution in [0.1, 0.15) is 43.5 Å². The number of fused-ring (bicyclic) bond motifs is 2. The van der Waals surface area contributed by atoms with Crippen LogP contribution in [0, 0.1) is 0 Å². The molecule has 0 saturated heterocycles. The molecule has 0 bridgehead atoms. The third kappa shape index (κ3) is 3.41. The van der Waals surface area contributed by atoms with E-state index in [0.717, 1.165) is 49.4 Å². The Kier molecular flexibility index (Phi) is 4.58. The van der Waals surface area contributed by atoms with Crippen molar-refractivity contribution in [1.29, 1.82) is 0 Å². The smallest absolute Gasteiger partial charge is 0.278 e. The van der Waals surface area contributed by atoms with E-state index in [4.69, 9.17) is 4.98 Å². The molecule has 2 N–H and O–H groups in total. The van der Waals surface area contributed by atoms with Crippen molar-refractivity contribution in [2.24, 2.45) is 0 Å². The SMILES string of the molecule is CCn1c(=O)c2cnc(Nc3ccc4c(c3)CNCC4)nc2n1-c1ccnc(C2(C)CC2)c1. The first-order valence-corrected chi connectivity index (χ1v) is 11.6. The first-order chi connectivity index (χ1) is 16.1. The fourth-order valence-electron chi connectivity index (χ4n) is 4.65. The molecule has 0 atom stereocenters. The molecular formula is C25H27N7O. The van der Waals surface area contributed by atoms with Crippen LogP contribution in [-0.4, -0.2) is 30.9 Å². The molecule has 1 saturated carbocycles. The van der Waals surface area contributed by atoms with Crippen LogP contribution in [0.25, 0.3) is 16.7 Å². The minimum Gasteiger partial charge on any atom is -0.324 e. The molecule has 0 amide bonds. The number of nitrogens with zero attached hydrogens (tertiary/aromatic N) is 5. The van der Waals surface area contributed by atoms with Crippen molar-refractivity contribution in [2.45, 2.75) is 51.6 Å². The van der Waals surface area contributed by atoms with Crippen LogP contribution in [0.2, 0.25) is 0 Å². The van der Waals surface area contributed by atoms with Crippen molar-refractivity contribution < 1.29 is 0 Å². The van der Waals surface area contributed by atoms with Gasteiger partial charge in [0.25, 0.3) is 5.56 Å². The van der Waals surface area contributed by atoms with E-state index < -0.39 is 0 Å². The summed E-state index contributed by atoms with van der Waals surface area (Å²) >= 11 is 0. The Morgan fingerprint density at radius 1 is 1.15 bits per heavy atom. The molecule has 8 nitrogen and oxygen atoms in total. The molecule has 33 heavy (non-hydrogen) atoms. The number of nitrogens with one attached hydrogen (secondary N) is 2.